The lowest BCUT2D eigenvalue weighted by molar-refractivity contribution is 0.711. The van der Waals surface area contributed by atoms with Gasteiger partial charge in [0.1, 0.15) is 5.82 Å². The van der Waals surface area contributed by atoms with Gasteiger partial charge in [-0.05, 0) is 38.0 Å². The van der Waals surface area contributed by atoms with Crippen LogP contribution in [0.4, 0.5) is 0 Å². The molecule has 1 heterocycles. The molecule has 3 nitrogen and oxygen atoms in total. The summed E-state index contributed by atoms with van der Waals surface area (Å²) in [6.45, 7) is 6.13. The van der Waals surface area contributed by atoms with Gasteiger partial charge < -0.3 is 5.73 Å². The van der Waals surface area contributed by atoms with E-state index in [9.17, 15) is 0 Å². The molecule has 0 fully saturated rings. The molecular weight excluding hydrogens is 234 g/mol. The Hall–Kier alpha value is -1.74. The Labute approximate surface area is 114 Å². The third-order valence-electron chi connectivity index (χ3n) is 3.09. The van der Waals surface area contributed by atoms with E-state index in [1.54, 1.807) is 0 Å². The predicted molar refractivity (Wildman–Crippen MR) is 78.1 cm³/mol. The SMILES string of the molecule is Cc1cc(CC(C)N)nc(Cc2ccccc2C)n1. The summed E-state index contributed by atoms with van der Waals surface area (Å²) in [6.07, 6.45) is 1.57. The Bertz CT molecular complexity index is 562. The first-order chi connectivity index (χ1) is 9.04. The first-order valence-corrected chi connectivity index (χ1v) is 6.68. The summed E-state index contributed by atoms with van der Waals surface area (Å²) in [6, 6.07) is 10.5. The second-order valence-corrected chi connectivity index (χ2v) is 5.20. The Morgan fingerprint density at radius 2 is 1.89 bits per heavy atom. The van der Waals surface area contributed by atoms with Crippen molar-refractivity contribution in [2.45, 2.75) is 39.7 Å². The summed E-state index contributed by atoms with van der Waals surface area (Å²) in [7, 11) is 0. The standard InChI is InChI=1S/C16H21N3/c1-11-6-4-5-7-14(11)10-16-18-13(3)9-15(19-16)8-12(2)17/h4-7,9,12H,8,10,17H2,1-3H3. The summed E-state index contributed by atoms with van der Waals surface area (Å²) < 4.78 is 0. The number of nitrogens with zero attached hydrogens (tertiary/aromatic N) is 2. The lowest BCUT2D eigenvalue weighted by Gasteiger charge is -2.09. The molecule has 0 saturated heterocycles. The molecule has 1 aromatic carbocycles. The molecule has 0 amide bonds. The van der Waals surface area contributed by atoms with Crippen LogP contribution in [0.2, 0.25) is 0 Å². The van der Waals surface area contributed by atoms with E-state index in [1.807, 2.05) is 19.9 Å². The fourth-order valence-corrected chi connectivity index (χ4v) is 2.19. The minimum absolute atomic E-state index is 0.126. The monoisotopic (exact) mass is 255 g/mol. The van der Waals surface area contributed by atoms with E-state index in [4.69, 9.17) is 5.73 Å². The molecule has 100 valence electrons. The van der Waals surface area contributed by atoms with Crippen molar-refractivity contribution in [3.05, 3.63) is 58.7 Å². The smallest absolute Gasteiger partial charge is 0.133 e. The van der Waals surface area contributed by atoms with Crippen LogP contribution in [-0.4, -0.2) is 16.0 Å². The van der Waals surface area contributed by atoms with E-state index < -0.39 is 0 Å². The van der Waals surface area contributed by atoms with Crippen LogP contribution in [0.1, 0.15) is 35.3 Å². The first kappa shape index (κ1) is 13.7. The van der Waals surface area contributed by atoms with Crippen molar-refractivity contribution < 1.29 is 0 Å². The fraction of sp³-hybridized carbons (Fsp3) is 0.375. The maximum absolute atomic E-state index is 5.84. The van der Waals surface area contributed by atoms with Gasteiger partial charge in [0, 0.05) is 30.3 Å². The summed E-state index contributed by atoms with van der Waals surface area (Å²) in [5, 5.41) is 0. The van der Waals surface area contributed by atoms with Crippen LogP contribution in [0, 0.1) is 13.8 Å². The van der Waals surface area contributed by atoms with E-state index >= 15 is 0 Å². The molecule has 0 bridgehead atoms. The molecule has 1 atom stereocenters. The fourth-order valence-electron chi connectivity index (χ4n) is 2.19. The topological polar surface area (TPSA) is 51.8 Å². The predicted octanol–water partition coefficient (Wildman–Crippen LogP) is 2.57. The molecule has 0 aliphatic carbocycles. The van der Waals surface area contributed by atoms with Gasteiger partial charge in [-0.25, -0.2) is 9.97 Å². The number of hydrogen-bond donors (Lipinski definition) is 1. The molecule has 3 heteroatoms. The highest BCUT2D eigenvalue weighted by molar-refractivity contribution is 5.28. The van der Waals surface area contributed by atoms with E-state index in [0.717, 1.165) is 30.1 Å². The zero-order valence-corrected chi connectivity index (χ0v) is 11.9. The number of rotatable bonds is 4. The van der Waals surface area contributed by atoms with Gasteiger partial charge in [-0.15, -0.1) is 0 Å². The van der Waals surface area contributed by atoms with Crippen molar-refractivity contribution in [2.75, 3.05) is 0 Å². The second kappa shape index (κ2) is 5.93. The Morgan fingerprint density at radius 1 is 1.16 bits per heavy atom. The van der Waals surface area contributed by atoms with E-state index in [2.05, 4.69) is 41.2 Å². The molecule has 2 N–H and O–H groups in total. The van der Waals surface area contributed by atoms with Gasteiger partial charge in [-0.1, -0.05) is 24.3 Å². The number of nitrogens with two attached hydrogens (primary N) is 1. The maximum atomic E-state index is 5.84. The molecule has 0 radical (unpaired) electrons. The number of benzene rings is 1. The van der Waals surface area contributed by atoms with Crippen LogP contribution in [0.3, 0.4) is 0 Å². The highest BCUT2D eigenvalue weighted by atomic mass is 14.9. The Morgan fingerprint density at radius 3 is 2.58 bits per heavy atom. The van der Waals surface area contributed by atoms with E-state index in [-0.39, 0.29) is 6.04 Å². The normalized spacial score (nSPS) is 12.4. The first-order valence-electron chi connectivity index (χ1n) is 6.68. The summed E-state index contributed by atoms with van der Waals surface area (Å²) in [5.41, 5.74) is 10.4. The quantitative estimate of drug-likeness (QED) is 0.913. The molecule has 19 heavy (non-hydrogen) atoms. The molecule has 2 rings (SSSR count). The Balaban J connectivity index is 2.25. The van der Waals surface area contributed by atoms with Crippen LogP contribution in [0.25, 0.3) is 0 Å². The van der Waals surface area contributed by atoms with Crippen molar-refractivity contribution in [1.82, 2.24) is 9.97 Å². The third-order valence-corrected chi connectivity index (χ3v) is 3.09. The van der Waals surface area contributed by atoms with Crippen LogP contribution in [-0.2, 0) is 12.8 Å². The zero-order valence-electron chi connectivity index (χ0n) is 11.9. The highest BCUT2D eigenvalue weighted by Crippen LogP contribution is 2.12. The molecule has 1 unspecified atom stereocenters. The van der Waals surface area contributed by atoms with Gasteiger partial charge >= 0.3 is 0 Å². The average molecular weight is 255 g/mol. The van der Waals surface area contributed by atoms with Crippen molar-refractivity contribution in [3.63, 3.8) is 0 Å². The summed E-state index contributed by atoms with van der Waals surface area (Å²) in [5.74, 6) is 0.880. The lowest BCUT2D eigenvalue weighted by Crippen LogP contribution is -2.19. The van der Waals surface area contributed by atoms with Gasteiger partial charge in [0.15, 0.2) is 0 Å². The second-order valence-electron chi connectivity index (χ2n) is 5.20. The van der Waals surface area contributed by atoms with Gasteiger partial charge in [-0.2, -0.15) is 0 Å². The van der Waals surface area contributed by atoms with Crippen LogP contribution >= 0.6 is 0 Å². The maximum Gasteiger partial charge on any atom is 0.133 e. The molecule has 1 aromatic heterocycles. The minimum atomic E-state index is 0.126. The van der Waals surface area contributed by atoms with Crippen LogP contribution < -0.4 is 5.73 Å². The van der Waals surface area contributed by atoms with Crippen molar-refractivity contribution in [1.29, 1.82) is 0 Å². The molecule has 0 aliphatic rings. The van der Waals surface area contributed by atoms with Gasteiger partial charge in [0.2, 0.25) is 0 Å². The third kappa shape index (κ3) is 3.86. The minimum Gasteiger partial charge on any atom is -0.328 e. The van der Waals surface area contributed by atoms with Gasteiger partial charge in [0.05, 0.1) is 0 Å². The van der Waals surface area contributed by atoms with Gasteiger partial charge in [-0.3, -0.25) is 0 Å². The molecule has 0 spiro atoms. The largest absolute Gasteiger partial charge is 0.328 e. The Kier molecular flexibility index (Phi) is 4.27. The van der Waals surface area contributed by atoms with Crippen molar-refractivity contribution in [3.8, 4) is 0 Å². The number of aromatic nitrogens is 2. The molecular formula is C16H21N3. The molecule has 2 aromatic rings. The van der Waals surface area contributed by atoms with E-state index in [1.165, 1.54) is 11.1 Å². The lowest BCUT2D eigenvalue weighted by atomic mass is 10.1. The number of aryl methyl sites for hydroxylation is 2. The number of hydrogen-bond acceptors (Lipinski definition) is 3. The van der Waals surface area contributed by atoms with Gasteiger partial charge in [0.25, 0.3) is 0 Å². The van der Waals surface area contributed by atoms with E-state index in [0.29, 0.717) is 0 Å². The van der Waals surface area contributed by atoms with Crippen LogP contribution in [0.15, 0.2) is 30.3 Å². The highest BCUT2D eigenvalue weighted by Gasteiger charge is 2.06. The summed E-state index contributed by atoms with van der Waals surface area (Å²) in [4.78, 5) is 9.14. The molecule has 0 saturated carbocycles. The molecule has 0 aliphatic heterocycles. The van der Waals surface area contributed by atoms with Crippen molar-refractivity contribution in [2.24, 2.45) is 5.73 Å². The zero-order chi connectivity index (χ0) is 13.8. The average Bonchev–Trinajstić information content (AvgIpc) is 2.30. The van der Waals surface area contributed by atoms with Crippen LogP contribution in [0.5, 0.6) is 0 Å². The summed E-state index contributed by atoms with van der Waals surface area (Å²) >= 11 is 0. The van der Waals surface area contributed by atoms with Crippen molar-refractivity contribution >= 4 is 0 Å².